The quantitative estimate of drug-likeness (QED) is 0.775. The Balaban J connectivity index is 2.27. The van der Waals surface area contributed by atoms with Gasteiger partial charge in [-0.05, 0) is 31.4 Å². The van der Waals surface area contributed by atoms with Gasteiger partial charge >= 0.3 is 0 Å². The number of rotatable bonds is 5. The summed E-state index contributed by atoms with van der Waals surface area (Å²) in [5.74, 6) is 0.881. The molecular weight excluding hydrogens is 200 g/mol. The zero-order valence-electron chi connectivity index (χ0n) is 10.1. The van der Waals surface area contributed by atoms with Crippen LogP contribution in [0.15, 0.2) is 18.2 Å². The summed E-state index contributed by atoms with van der Waals surface area (Å²) in [6.07, 6.45) is 3.72. The molecule has 0 bridgehead atoms. The first-order chi connectivity index (χ1) is 7.76. The molecule has 0 unspecified atom stereocenters. The number of hydrogen-bond acceptors (Lipinski definition) is 3. The van der Waals surface area contributed by atoms with Crippen molar-refractivity contribution in [3.8, 4) is 5.75 Å². The Hall–Kier alpha value is -1.38. The highest BCUT2D eigenvalue weighted by Gasteiger charge is 2.29. The number of nitrogens with zero attached hydrogens (tertiary/aromatic N) is 1. The van der Waals surface area contributed by atoms with Gasteiger partial charge in [0.25, 0.3) is 0 Å². The molecule has 1 aromatic rings. The van der Waals surface area contributed by atoms with E-state index in [1.807, 2.05) is 18.2 Å². The summed E-state index contributed by atoms with van der Waals surface area (Å²) in [5.41, 5.74) is 8.02. The van der Waals surface area contributed by atoms with Crippen LogP contribution in [0.1, 0.15) is 26.2 Å². The average Bonchev–Trinajstić information content (AvgIpc) is 3.11. The van der Waals surface area contributed by atoms with Crippen molar-refractivity contribution in [1.29, 1.82) is 0 Å². The number of ether oxygens (including phenoxy) is 1. The Bertz CT molecular complexity index is 361. The predicted molar refractivity (Wildman–Crippen MR) is 68.1 cm³/mol. The van der Waals surface area contributed by atoms with Crippen molar-refractivity contribution in [2.75, 3.05) is 24.3 Å². The first-order valence-corrected chi connectivity index (χ1v) is 5.96. The highest BCUT2D eigenvalue weighted by Crippen LogP contribution is 2.36. The van der Waals surface area contributed by atoms with E-state index in [0.29, 0.717) is 6.04 Å². The van der Waals surface area contributed by atoms with E-state index in [4.69, 9.17) is 10.5 Å². The molecule has 88 valence electrons. The molecular formula is C13H20N2O. The third-order valence-corrected chi connectivity index (χ3v) is 3.00. The molecule has 1 aromatic carbocycles. The fraction of sp³-hybridized carbons (Fsp3) is 0.538. The van der Waals surface area contributed by atoms with E-state index in [1.54, 1.807) is 7.11 Å². The van der Waals surface area contributed by atoms with Crippen molar-refractivity contribution in [3.63, 3.8) is 0 Å². The largest absolute Gasteiger partial charge is 0.497 e. The average molecular weight is 220 g/mol. The van der Waals surface area contributed by atoms with Crippen LogP contribution in [-0.4, -0.2) is 19.7 Å². The van der Waals surface area contributed by atoms with Crippen molar-refractivity contribution in [2.24, 2.45) is 0 Å². The van der Waals surface area contributed by atoms with Crippen LogP contribution in [0, 0.1) is 0 Å². The van der Waals surface area contributed by atoms with Gasteiger partial charge in [0.1, 0.15) is 5.75 Å². The van der Waals surface area contributed by atoms with Gasteiger partial charge in [0.15, 0.2) is 0 Å². The minimum Gasteiger partial charge on any atom is -0.497 e. The van der Waals surface area contributed by atoms with Crippen molar-refractivity contribution in [1.82, 2.24) is 0 Å². The second-order valence-corrected chi connectivity index (χ2v) is 4.35. The van der Waals surface area contributed by atoms with Gasteiger partial charge < -0.3 is 15.4 Å². The molecule has 2 N–H and O–H groups in total. The van der Waals surface area contributed by atoms with E-state index in [2.05, 4.69) is 11.8 Å². The molecule has 0 saturated heterocycles. The van der Waals surface area contributed by atoms with Crippen molar-refractivity contribution >= 4 is 11.4 Å². The number of benzene rings is 1. The third-order valence-electron chi connectivity index (χ3n) is 3.00. The summed E-state index contributed by atoms with van der Waals surface area (Å²) in [6.45, 7) is 3.27. The van der Waals surface area contributed by atoms with Gasteiger partial charge in [0.05, 0.1) is 18.5 Å². The molecule has 0 atom stereocenters. The maximum absolute atomic E-state index is 6.04. The molecule has 0 heterocycles. The maximum atomic E-state index is 6.04. The Morgan fingerprint density at radius 3 is 2.75 bits per heavy atom. The fourth-order valence-corrected chi connectivity index (χ4v) is 2.03. The molecule has 1 saturated carbocycles. The Kier molecular flexibility index (Phi) is 3.22. The van der Waals surface area contributed by atoms with Gasteiger partial charge in [-0.2, -0.15) is 0 Å². The molecule has 1 aliphatic rings. The molecule has 1 fully saturated rings. The van der Waals surface area contributed by atoms with Crippen LogP contribution in [0.3, 0.4) is 0 Å². The smallest absolute Gasteiger partial charge is 0.121 e. The van der Waals surface area contributed by atoms with Gasteiger partial charge in [-0.1, -0.05) is 6.92 Å². The third kappa shape index (κ3) is 2.23. The van der Waals surface area contributed by atoms with Crippen molar-refractivity contribution in [3.05, 3.63) is 18.2 Å². The molecule has 1 aliphatic carbocycles. The van der Waals surface area contributed by atoms with Crippen LogP contribution in [0.4, 0.5) is 11.4 Å². The van der Waals surface area contributed by atoms with Gasteiger partial charge in [-0.15, -0.1) is 0 Å². The van der Waals surface area contributed by atoms with Gasteiger partial charge in [0, 0.05) is 18.7 Å². The van der Waals surface area contributed by atoms with Crippen LogP contribution in [0.5, 0.6) is 5.75 Å². The van der Waals surface area contributed by atoms with Crippen molar-refractivity contribution < 1.29 is 4.74 Å². The minimum atomic E-state index is 0.689. The molecule has 0 radical (unpaired) electrons. The summed E-state index contributed by atoms with van der Waals surface area (Å²) in [4.78, 5) is 2.41. The van der Waals surface area contributed by atoms with Crippen LogP contribution < -0.4 is 15.4 Å². The topological polar surface area (TPSA) is 38.5 Å². The highest BCUT2D eigenvalue weighted by atomic mass is 16.5. The standard InChI is InChI=1S/C13H20N2O/c1-3-8-15(10-4-5-10)13-9-11(16-2)6-7-12(13)14/h6-7,9-10H,3-5,8,14H2,1-2H3. The first kappa shape index (κ1) is 11.1. The molecule has 16 heavy (non-hydrogen) atoms. The van der Waals surface area contributed by atoms with Gasteiger partial charge in [-0.3, -0.25) is 0 Å². The van der Waals surface area contributed by atoms with Gasteiger partial charge in [-0.25, -0.2) is 0 Å². The van der Waals surface area contributed by atoms with Gasteiger partial charge in [0.2, 0.25) is 0 Å². The van der Waals surface area contributed by atoms with E-state index in [0.717, 1.165) is 30.1 Å². The number of nitrogens with two attached hydrogens (primary N) is 1. The molecule has 2 rings (SSSR count). The molecule has 0 aliphatic heterocycles. The van der Waals surface area contributed by atoms with E-state index >= 15 is 0 Å². The van der Waals surface area contributed by atoms with Crippen LogP contribution >= 0.6 is 0 Å². The lowest BCUT2D eigenvalue weighted by atomic mass is 10.2. The number of methoxy groups -OCH3 is 1. The predicted octanol–water partition coefficient (Wildman–Crippen LogP) is 2.66. The van der Waals surface area contributed by atoms with Crippen molar-refractivity contribution in [2.45, 2.75) is 32.2 Å². The highest BCUT2D eigenvalue weighted by molar-refractivity contribution is 5.70. The number of hydrogen-bond donors (Lipinski definition) is 1. The second-order valence-electron chi connectivity index (χ2n) is 4.35. The number of anilines is 2. The molecule has 0 amide bonds. The lowest BCUT2D eigenvalue weighted by molar-refractivity contribution is 0.415. The lowest BCUT2D eigenvalue weighted by Crippen LogP contribution is -2.27. The Morgan fingerprint density at radius 2 is 2.19 bits per heavy atom. The van der Waals surface area contributed by atoms with E-state index in [9.17, 15) is 0 Å². The molecule has 3 nitrogen and oxygen atoms in total. The van der Waals surface area contributed by atoms with E-state index in [-0.39, 0.29) is 0 Å². The van der Waals surface area contributed by atoms with Crippen LogP contribution in [-0.2, 0) is 0 Å². The Morgan fingerprint density at radius 1 is 1.44 bits per heavy atom. The zero-order valence-corrected chi connectivity index (χ0v) is 10.1. The summed E-state index contributed by atoms with van der Waals surface area (Å²) in [5, 5.41) is 0. The van der Waals surface area contributed by atoms with Crippen LogP contribution in [0.25, 0.3) is 0 Å². The first-order valence-electron chi connectivity index (χ1n) is 5.96. The van der Waals surface area contributed by atoms with Crippen LogP contribution in [0.2, 0.25) is 0 Å². The Labute approximate surface area is 97.2 Å². The maximum Gasteiger partial charge on any atom is 0.121 e. The second kappa shape index (κ2) is 4.64. The summed E-state index contributed by atoms with van der Waals surface area (Å²) >= 11 is 0. The zero-order chi connectivity index (χ0) is 11.5. The summed E-state index contributed by atoms with van der Waals surface area (Å²) < 4.78 is 5.26. The fourth-order valence-electron chi connectivity index (χ4n) is 2.03. The molecule has 0 aromatic heterocycles. The minimum absolute atomic E-state index is 0.689. The summed E-state index contributed by atoms with van der Waals surface area (Å²) in [6, 6.07) is 6.58. The summed E-state index contributed by atoms with van der Waals surface area (Å²) in [7, 11) is 1.69. The normalized spacial score (nSPS) is 14.9. The molecule has 3 heteroatoms. The molecule has 0 spiro atoms. The monoisotopic (exact) mass is 220 g/mol. The van der Waals surface area contributed by atoms with E-state index < -0.39 is 0 Å². The van der Waals surface area contributed by atoms with E-state index in [1.165, 1.54) is 12.8 Å². The lowest BCUT2D eigenvalue weighted by Gasteiger charge is -2.26. The SMILES string of the molecule is CCCN(c1cc(OC)ccc1N)C1CC1. The number of nitrogen functional groups attached to an aromatic ring is 1.